The van der Waals surface area contributed by atoms with E-state index >= 15 is 0 Å². The molecular weight excluding hydrogens is 585 g/mol. The van der Waals surface area contributed by atoms with Gasteiger partial charge in [-0.05, 0) is 78.7 Å². The van der Waals surface area contributed by atoms with Gasteiger partial charge in [-0.2, -0.15) is 5.26 Å². The van der Waals surface area contributed by atoms with Crippen LogP contribution in [0.15, 0.2) is 158 Å². The molecule has 4 nitrogen and oxygen atoms in total. The van der Waals surface area contributed by atoms with Gasteiger partial charge in [-0.1, -0.05) is 127 Å². The summed E-state index contributed by atoms with van der Waals surface area (Å²) < 4.78 is 0. The molecule has 0 radical (unpaired) electrons. The molecule has 0 aliphatic heterocycles. The molecule has 0 amide bonds. The van der Waals surface area contributed by atoms with Crippen molar-refractivity contribution in [1.82, 2.24) is 9.97 Å². The summed E-state index contributed by atoms with van der Waals surface area (Å²) in [6.45, 7) is 7.62. The summed E-state index contributed by atoms with van der Waals surface area (Å²) in [6, 6.07) is 52.1. The van der Waals surface area contributed by atoms with E-state index in [0.717, 1.165) is 66.1 Å². The quantitative estimate of drug-likeness (QED) is 0.144. The van der Waals surface area contributed by atoms with Crippen LogP contribution in [0.5, 0.6) is 0 Å². The number of fused-ring (bicyclic) bond motifs is 2. The smallest absolute Gasteiger partial charge is 0.212 e. The van der Waals surface area contributed by atoms with E-state index in [9.17, 15) is 5.26 Å². The number of aromatic nitrogens is 2. The van der Waals surface area contributed by atoms with E-state index in [0.29, 0.717) is 22.6 Å². The maximum atomic E-state index is 9.67. The molecule has 4 heteroatoms. The van der Waals surface area contributed by atoms with Gasteiger partial charge in [0.2, 0.25) is 5.69 Å². The molecule has 0 N–H and O–H groups in total. The van der Waals surface area contributed by atoms with Gasteiger partial charge in [0.1, 0.15) is 6.07 Å². The number of hydrogen-bond acceptors (Lipinski definition) is 3. The predicted molar refractivity (Wildman–Crippen MR) is 195 cm³/mol. The van der Waals surface area contributed by atoms with Crippen molar-refractivity contribution in [1.29, 1.82) is 5.26 Å². The standard InChI is InChI=1S/C44H26N4/c1-46-40-14-8-26-48-44(40)33-21-17-31(18-22-33)42-37-13-6-5-12-36(37)41(38-24-23-34(27-39(38)42)29-9-3-2-4-10-29)30-15-19-32(20-16-30)43-35(28-45)11-7-25-47-43/h2-27H. The Morgan fingerprint density at radius 1 is 0.458 bits per heavy atom. The topological polar surface area (TPSA) is 53.9 Å². The molecule has 0 aliphatic rings. The Kier molecular flexibility index (Phi) is 7.23. The van der Waals surface area contributed by atoms with Crippen molar-refractivity contribution >= 4 is 27.2 Å². The van der Waals surface area contributed by atoms with Crippen molar-refractivity contribution in [2.24, 2.45) is 0 Å². The van der Waals surface area contributed by atoms with Crippen LogP contribution < -0.4 is 0 Å². The Bertz CT molecular complexity index is 2560. The predicted octanol–water partition coefficient (Wildman–Crippen LogP) is 11.5. The highest BCUT2D eigenvalue weighted by Gasteiger charge is 2.18. The zero-order valence-corrected chi connectivity index (χ0v) is 25.8. The molecule has 2 aromatic heterocycles. The summed E-state index contributed by atoms with van der Waals surface area (Å²) in [6.07, 6.45) is 3.45. The van der Waals surface area contributed by atoms with Crippen molar-refractivity contribution in [3.8, 4) is 62.0 Å². The molecular formula is C44H26N4. The lowest BCUT2D eigenvalue weighted by molar-refractivity contribution is 1.30. The van der Waals surface area contributed by atoms with E-state index in [1.54, 1.807) is 36.7 Å². The number of rotatable bonds is 5. The fraction of sp³-hybridized carbons (Fsp3) is 0. The van der Waals surface area contributed by atoms with Gasteiger partial charge in [0.25, 0.3) is 0 Å². The van der Waals surface area contributed by atoms with E-state index in [4.69, 9.17) is 6.57 Å². The molecule has 0 unspecified atom stereocenters. The van der Waals surface area contributed by atoms with Gasteiger partial charge in [-0.25, -0.2) is 4.85 Å². The van der Waals surface area contributed by atoms with Crippen LogP contribution in [0.4, 0.5) is 5.69 Å². The Balaban J connectivity index is 1.37. The van der Waals surface area contributed by atoms with Crippen molar-refractivity contribution in [2.45, 2.75) is 0 Å². The number of nitrogens with zero attached hydrogens (tertiary/aromatic N) is 4. The Morgan fingerprint density at radius 2 is 0.979 bits per heavy atom. The zero-order chi connectivity index (χ0) is 32.5. The van der Waals surface area contributed by atoms with E-state index in [1.807, 2.05) is 6.07 Å². The average Bonchev–Trinajstić information content (AvgIpc) is 3.17. The van der Waals surface area contributed by atoms with E-state index < -0.39 is 0 Å². The first-order chi connectivity index (χ1) is 23.7. The first-order valence-corrected chi connectivity index (χ1v) is 15.7. The lowest BCUT2D eigenvalue weighted by atomic mass is 9.84. The number of hydrogen-bond donors (Lipinski definition) is 0. The molecule has 0 spiro atoms. The number of nitriles is 1. The summed E-state index contributed by atoms with van der Waals surface area (Å²) in [5, 5.41) is 14.3. The number of benzene rings is 6. The second-order valence-electron chi connectivity index (χ2n) is 11.6. The highest BCUT2D eigenvalue weighted by atomic mass is 14.8. The average molecular weight is 611 g/mol. The summed E-state index contributed by atoms with van der Waals surface area (Å²) in [5.41, 5.74) is 11.1. The van der Waals surface area contributed by atoms with Crippen LogP contribution in [0.2, 0.25) is 0 Å². The van der Waals surface area contributed by atoms with Crippen LogP contribution in [-0.4, -0.2) is 9.97 Å². The minimum absolute atomic E-state index is 0.538. The summed E-state index contributed by atoms with van der Waals surface area (Å²) >= 11 is 0. The largest absolute Gasteiger partial charge is 0.268 e. The van der Waals surface area contributed by atoms with E-state index in [2.05, 4.69) is 136 Å². The summed E-state index contributed by atoms with van der Waals surface area (Å²) in [7, 11) is 0. The highest BCUT2D eigenvalue weighted by Crippen LogP contribution is 2.45. The molecule has 0 bridgehead atoms. The normalized spacial score (nSPS) is 10.9. The third-order valence-corrected chi connectivity index (χ3v) is 8.86. The van der Waals surface area contributed by atoms with Gasteiger partial charge in [0.15, 0.2) is 0 Å². The Morgan fingerprint density at radius 3 is 1.62 bits per heavy atom. The van der Waals surface area contributed by atoms with Crippen LogP contribution >= 0.6 is 0 Å². The van der Waals surface area contributed by atoms with Crippen LogP contribution in [-0.2, 0) is 0 Å². The molecule has 0 fully saturated rings. The summed E-state index contributed by atoms with van der Waals surface area (Å²) in [5.74, 6) is 0. The fourth-order valence-electron chi connectivity index (χ4n) is 6.64. The second-order valence-corrected chi connectivity index (χ2v) is 11.6. The van der Waals surface area contributed by atoms with Crippen LogP contribution in [0.3, 0.4) is 0 Å². The highest BCUT2D eigenvalue weighted by molar-refractivity contribution is 6.22. The molecule has 0 saturated heterocycles. The minimum Gasteiger partial charge on any atom is -0.268 e. The first-order valence-electron chi connectivity index (χ1n) is 15.7. The SMILES string of the molecule is [C-]#[N+]c1cccnc1-c1ccc(-c2c3ccccc3c(-c3ccc(-c4ncccc4C#N)cc3)c3ccc(-c4ccccc4)cc23)cc1. The molecule has 222 valence electrons. The van der Waals surface area contributed by atoms with Gasteiger partial charge >= 0.3 is 0 Å². The minimum atomic E-state index is 0.538. The van der Waals surface area contributed by atoms with E-state index in [1.165, 1.54) is 0 Å². The van der Waals surface area contributed by atoms with Crippen molar-refractivity contribution in [2.75, 3.05) is 0 Å². The van der Waals surface area contributed by atoms with Crippen molar-refractivity contribution in [3.63, 3.8) is 0 Å². The van der Waals surface area contributed by atoms with Gasteiger partial charge in [-0.3, -0.25) is 9.97 Å². The van der Waals surface area contributed by atoms with Crippen LogP contribution in [0, 0.1) is 17.9 Å². The fourth-order valence-corrected chi connectivity index (χ4v) is 6.64. The monoisotopic (exact) mass is 610 g/mol. The molecule has 48 heavy (non-hydrogen) atoms. The molecule has 8 rings (SSSR count). The van der Waals surface area contributed by atoms with Crippen molar-refractivity contribution < 1.29 is 0 Å². The Hall–Kier alpha value is -6.88. The molecule has 0 aliphatic carbocycles. The zero-order valence-electron chi connectivity index (χ0n) is 25.8. The lowest BCUT2D eigenvalue weighted by Gasteiger charge is -2.19. The molecule has 6 aromatic carbocycles. The van der Waals surface area contributed by atoms with E-state index in [-0.39, 0.29) is 0 Å². The maximum absolute atomic E-state index is 9.67. The van der Waals surface area contributed by atoms with Gasteiger partial charge in [-0.15, -0.1) is 0 Å². The van der Waals surface area contributed by atoms with Crippen molar-refractivity contribution in [3.05, 3.63) is 175 Å². The van der Waals surface area contributed by atoms with Gasteiger partial charge < -0.3 is 0 Å². The molecule has 0 atom stereocenters. The number of pyridine rings is 2. The third-order valence-electron chi connectivity index (χ3n) is 8.86. The van der Waals surface area contributed by atoms with Crippen LogP contribution in [0.25, 0.3) is 82.3 Å². The van der Waals surface area contributed by atoms with Gasteiger partial charge in [0.05, 0.1) is 23.5 Å². The maximum Gasteiger partial charge on any atom is 0.212 e. The molecule has 8 aromatic rings. The molecule has 0 saturated carbocycles. The summed E-state index contributed by atoms with van der Waals surface area (Å²) in [4.78, 5) is 12.7. The third kappa shape index (κ3) is 4.95. The molecule has 2 heterocycles. The second kappa shape index (κ2) is 12.1. The lowest BCUT2D eigenvalue weighted by Crippen LogP contribution is -1.93. The van der Waals surface area contributed by atoms with Crippen LogP contribution in [0.1, 0.15) is 5.56 Å². The Labute approximate surface area is 278 Å². The first kappa shape index (κ1) is 28.6. The van der Waals surface area contributed by atoms with Gasteiger partial charge in [0, 0.05) is 18.0 Å².